The van der Waals surface area contributed by atoms with E-state index in [0.717, 1.165) is 42.5 Å². The van der Waals surface area contributed by atoms with Gasteiger partial charge in [0.2, 0.25) is 0 Å². The van der Waals surface area contributed by atoms with E-state index in [1.807, 2.05) is 40.3 Å². The Labute approximate surface area is 221 Å². The van der Waals surface area contributed by atoms with E-state index in [9.17, 15) is 9.59 Å². The average molecular weight is 528 g/mol. The molecule has 0 bridgehead atoms. The molecule has 2 unspecified atom stereocenters. The Morgan fingerprint density at radius 2 is 2.00 bits per heavy atom. The third kappa shape index (κ3) is 4.83. The number of halogens is 1. The molecule has 0 spiro atoms. The molecule has 3 heterocycles. The maximum atomic E-state index is 13.2. The smallest absolute Gasteiger partial charge is 0.329 e. The molecule has 2 aliphatic rings. The number of imidazole rings is 1. The van der Waals surface area contributed by atoms with Crippen LogP contribution in [0.1, 0.15) is 35.7 Å². The topological polar surface area (TPSA) is 104 Å². The number of piperidine rings is 1. The van der Waals surface area contributed by atoms with Crippen molar-refractivity contribution < 1.29 is 14.3 Å². The van der Waals surface area contributed by atoms with Gasteiger partial charge >= 0.3 is 5.69 Å². The highest BCUT2D eigenvalue weighted by Crippen LogP contribution is 2.38. The molecule has 9 nitrogen and oxygen atoms in total. The molecule has 0 saturated carbocycles. The first-order valence-corrected chi connectivity index (χ1v) is 13.3. The minimum absolute atomic E-state index is 0.0399. The lowest BCUT2D eigenvalue weighted by atomic mass is 10.00. The minimum Gasteiger partial charge on any atom is -0.492 e. The number of nitrogen functional groups attached to an aromatic ring is 1. The summed E-state index contributed by atoms with van der Waals surface area (Å²) in [6.07, 6.45) is 2.09. The Morgan fingerprint density at radius 1 is 1.24 bits per heavy atom. The Kier molecular flexibility index (Phi) is 7.46. The number of methoxy groups -OCH3 is 1. The third-order valence-electron chi connectivity index (χ3n) is 7.58. The van der Waals surface area contributed by atoms with E-state index in [1.165, 1.54) is 0 Å². The summed E-state index contributed by atoms with van der Waals surface area (Å²) in [6, 6.07) is 9.40. The summed E-state index contributed by atoms with van der Waals surface area (Å²) in [5, 5.41) is 3.50. The highest BCUT2D eigenvalue weighted by atomic mass is 35.5. The van der Waals surface area contributed by atoms with Crippen LogP contribution >= 0.6 is 11.6 Å². The number of hydrogen-bond acceptors (Lipinski definition) is 6. The zero-order valence-corrected chi connectivity index (χ0v) is 22.1. The Bertz CT molecular complexity index is 1370. The van der Waals surface area contributed by atoms with Gasteiger partial charge in [-0.05, 0) is 44.5 Å². The summed E-state index contributed by atoms with van der Waals surface area (Å²) in [5.41, 5.74) is 9.77. The van der Waals surface area contributed by atoms with Gasteiger partial charge in [-0.1, -0.05) is 23.7 Å². The number of carbonyl (C=O) groups is 1. The molecule has 1 saturated heterocycles. The van der Waals surface area contributed by atoms with Crippen LogP contribution in [0.15, 0.2) is 35.1 Å². The van der Waals surface area contributed by atoms with Crippen LogP contribution in [0.5, 0.6) is 5.75 Å². The van der Waals surface area contributed by atoms with Gasteiger partial charge in [0, 0.05) is 45.3 Å². The number of ether oxygens (including phenoxy) is 2. The van der Waals surface area contributed by atoms with Gasteiger partial charge in [-0.2, -0.15) is 0 Å². The highest BCUT2D eigenvalue weighted by molar-refractivity contribution is 6.33. The van der Waals surface area contributed by atoms with E-state index in [-0.39, 0.29) is 23.7 Å². The number of nitrogens with one attached hydrogen (secondary N) is 1. The summed E-state index contributed by atoms with van der Waals surface area (Å²) >= 11 is 6.29. The molecular formula is C27H34ClN5O4. The lowest BCUT2D eigenvalue weighted by Crippen LogP contribution is -2.55. The molecule has 10 heteroatoms. The second kappa shape index (κ2) is 10.8. The Hall–Kier alpha value is -3.01. The number of aryl methyl sites for hydroxylation is 2. The van der Waals surface area contributed by atoms with Crippen molar-refractivity contribution in [2.24, 2.45) is 0 Å². The molecule has 1 fully saturated rings. The van der Waals surface area contributed by atoms with Gasteiger partial charge in [0.1, 0.15) is 5.75 Å². The molecule has 2 aliphatic heterocycles. The van der Waals surface area contributed by atoms with Gasteiger partial charge < -0.3 is 25.4 Å². The van der Waals surface area contributed by atoms with E-state index in [4.69, 9.17) is 26.8 Å². The summed E-state index contributed by atoms with van der Waals surface area (Å²) < 4.78 is 15.2. The van der Waals surface area contributed by atoms with E-state index < -0.39 is 0 Å². The Morgan fingerprint density at radius 3 is 2.73 bits per heavy atom. The molecule has 0 radical (unpaired) electrons. The molecule has 3 N–H and O–H groups in total. The number of carbonyl (C=O) groups excluding carboxylic acids is 1. The number of rotatable bonds is 8. The third-order valence-corrected chi connectivity index (χ3v) is 7.89. The summed E-state index contributed by atoms with van der Waals surface area (Å²) in [4.78, 5) is 28.4. The van der Waals surface area contributed by atoms with Crippen LogP contribution in [0, 0.1) is 0 Å². The van der Waals surface area contributed by atoms with Crippen molar-refractivity contribution in [2.75, 3.05) is 39.1 Å². The van der Waals surface area contributed by atoms with Crippen LogP contribution in [0.3, 0.4) is 0 Å². The average Bonchev–Trinajstić information content (AvgIpc) is 3.50. The molecule has 198 valence electrons. The standard InChI is InChI=1S/C27H34ClN5O4/c1-3-32-21-7-4-5-8-22(21)33(27(32)35)12-6-11-31-13-9-20(23(16-31)36-2)30-26(34)18-15-19(28)24(29)17-10-14-37-25(17)18/h4-5,7-8,15,20,23H,3,6,9-14,16,29H2,1-2H3,(H,30,34). The van der Waals surface area contributed by atoms with Gasteiger partial charge in [0.05, 0.1) is 46.1 Å². The molecule has 1 amide bonds. The van der Waals surface area contributed by atoms with E-state index >= 15 is 0 Å². The second-order valence-electron chi connectivity index (χ2n) is 9.69. The van der Waals surface area contributed by atoms with Gasteiger partial charge in [0.25, 0.3) is 5.91 Å². The van der Waals surface area contributed by atoms with Crippen LogP contribution in [0.2, 0.25) is 5.02 Å². The van der Waals surface area contributed by atoms with Crippen LogP contribution < -0.4 is 21.5 Å². The van der Waals surface area contributed by atoms with Crippen LogP contribution in [0.25, 0.3) is 11.0 Å². The molecule has 2 aromatic carbocycles. The SMILES string of the molecule is CCn1c(=O)n(CCCN2CCC(NC(=O)c3cc(Cl)c(N)c4c3OCC4)C(OC)C2)c2ccccc21. The fourth-order valence-corrected chi connectivity index (χ4v) is 5.84. The van der Waals surface area contributed by atoms with Crippen molar-refractivity contribution in [3.8, 4) is 5.75 Å². The summed E-state index contributed by atoms with van der Waals surface area (Å²) in [6.45, 7) is 6.16. The largest absolute Gasteiger partial charge is 0.492 e. The van der Waals surface area contributed by atoms with Crippen molar-refractivity contribution in [3.05, 3.63) is 57.0 Å². The molecule has 5 rings (SSSR count). The van der Waals surface area contributed by atoms with Crippen molar-refractivity contribution in [1.82, 2.24) is 19.4 Å². The van der Waals surface area contributed by atoms with E-state index in [0.29, 0.717) is 54.7 Å². The second-order valence-corrected chi connectivity index (χ2v) is 10.1. The predicted molar refractivity (Wildman–Crippen MR) is 145 cm³/mol. The van der Waals surface area contributed by atoms with Gasteiger partial charge in [0.15, 0.2) is 0 Å². The number of hydrogen-bond donors (Lipinski definition) is 2. The van der Waals surface area contributed by atoms with Crippen molar-refractivity contribution >= 4 is 34.2 Å². The van der Waals surface area contributed by atoms with Crippen molar-refractivity contribution in [1.29, 1.82) is 0 Å². The van der Waals surface area contributed by atoms with Crippen molar-refractivity contribution in [2.45, 2.75) is 51.4 Å². The maximum absolute atomic E-state index is 13.2. The monoisotopic (exact) mass is 527 g/mol. The molecule has 0 aliphatic carbocycles. The zero-order chi connectivity index (χ0) is 26.1. The van der Waals surface area contributed by atoms with Crippen LogP contribution in [0.4, 0.5) is 5.69 Å². The van der Waals surface area contributed by atoms with E-state index in [1.54, 1.807) is 13.2 Å². The quantitative estimate of drug-likeness (QED) is 0.437. The fourth-order valence-electron chi connectivity index (χ4n) is 5.62. The van der Waals surface area contributed by atoms with Gasteiger partial charge in [-0.3, -0.25) is 13.9 Å². The first-order chi connectivity index (χ1) is 17.9. The normalized spacial score (nSPS) is 19.6. The summed E-state index contributed by atoms with van der Waals surface area (Å²) in [7, 11) is 1.67. The Balaban J connectivity index is 1.20. The first-order valence-electron chi connectivity index (χ1n) is 12.9. The molecule has 1 aromatic heterocycles. The van der Waals surface area contributed by atoms with Crippen LogP contribution in [-0.4, -0.2) is 65.4 Å². The van der Waals surface area contributed by atoms with Crippen molar-refractivity contribution in [3.63, 3.8) is 0 Å². The zero-order valence-electron chi connectivity index (χ0n) is 21.3. The highest BCUT2D eigenvalue weighted by Gasteiger charge is 2.32. The number of amides is 1. The number of nitrogens with two attached hydrogens (primary N) is 1. The van der Waals surface area contributed by atoms with Crippen LogP contribution in [-0.2, 0) is 24.2 Å². The number of fused-ring (bicyclic) bond motifs is 2. The molecular weight excluding hydrogens is 494 g/mol. The maximum Gasteiger partial charge on any atom is 0.329 e. The first kappa shape index (κ1) is 25.6. The minimum atomic E-state index is -0.229. The fraction of sp³-hybridized carbons (Fsp3) is 0.481. The van der Waals surface area contributed by atoms with Gasteiger partial charge in [-0.25, -0.2) is 4.79 Å². The molecule has 3 aromatic rings. The number of likely N-dealkylation sites (tertiary alicyclic amines) is 1. The number of benzene rings is 2. The lowest BCUT2D eigenvalue weighted by molar-refractivity contribution is 0.00585. The number of nitrogens with zero attached hydrogens (tertiary/aromatic N) is 3. The number of para-hydroxylation sites is 2. The number of anilines is 1. The lowest BCUT2D eigenvalue weighted by Gasteiger charge is -2.38. The van der Waals surface area contributed by atoms with E-state index in [2.05, 4.69) is 10.2 Å². The van der Waals surface area contributed by atoms with Gasteiger partial charge in [-0.15, -0.1) is 0 Å². The predicted octanol–water partition coefficient (Wildman–Crippen LogP) is 2.90. The molecule has 2 atom stereocenters. The molecule has 37 heavy (non-hydrogen) atoms. The number of aromatic nitrogens is 2. The summed E-state index contributed by atoms with van der Waals surface area (Å²) in [5.74, 6) is 0.303.